The summed E-state index contributed by atoms with van der Waals surface area (Å²) in [6.07, 6.45) is 0. The molecule has 7 heteroatoms. The summed E-state index contributed by atoms with van der Waals surface area (Å²) in [7, 11) is 1.58. The predicted molar refractivity (Wildman–Crippen MR) is 63.8 cm³/mol. The molecule has 0 bridgehead atoms. The Morgan fingerprint density at radius 2 is 2.18 bits per heavy atom. The van der Waals surface area contributed by atoms with Crippen molar-refractivity contribution in [2.75, 3.05) is 19.5 Å². The van der Waals surface area contributed by atoms with Crippen molar-refractivity contribution in [1.29, 1.82) is 0 Å². The van der Waals surface area contributed by atoms with E-state index < -0.39 is 4.92 Å². The molecule has 1 rings (SSSR count). The number of ether oxygens (including phenoxy) is 1. The lowest BCUT2D eigenvalue weighted by Gasteiger charge is -2.21. The molecule has 96 valence electrons. The predicted octanol–water partition coefficient (Wildman–Crippen LogP) is 1.53. The molecule has 0 fully saturated rings. The van der Waals surface area contributed by atoms with Crippen molar-refractivity contribution < 1.29 is 9.66 Å². The zero-order chi connectivity index (χ0) is 13.2. The first-order valence-electron chi connectivity index (χ1n) is 5.38. The SMILES string of the molecule is COCC(C(C)C)n1nc(C)c([N+](=O)[O-])c1N. The third-order valence-corrected chi connectivity index (χ3v) is 2.69. The van der Waals surface area contributed by atoms with Crippen molar-refractivity contribution in [2.24, 2.45) is 5.92 Å². The molecule has 0 saturated heterocycles. The molecule has 0 amide bonds. The van der Waals surface area contributed by atoms with Gasteiger partial charge < -0.3 is 10.5 Å². The quantitative estimate of drug-likeness (QED) is 0.623. The molecule has 7 nitrogen and oxygen atoms in total. The van der Waals surface area contributed by atoms with Crippen molar-refractivity contribution in [3.63, 3.8) is 0 Å². The molecule has 0 aliphatic rings. The molecule has 1 aromatic heterocycles. The van der Waals surface area contributed by atoms with Crippen molar-refractivity contribution in [2.45, 2.75) is 26.8 Å². The Balaban J connectivity index is 3.21. The summed E-state index contributed by atoms with van der Waals surface area (Å²) in [6, 6.07) is -0.104. The van der Waals surface area contributed by atoms with Gasteiger partial charge in [0.05, 0.1) is 17.6 Å². The van der Waals surface area contributed by atoms with Gasteiger partial charge in [0.1, 0.15) is 5.69 Å². The van der Waals surface area contributed by atoms with E-state index in [1.807, 2.05) is 13.8 Å². The zero-order valence-corrected chi connectivity index (χ0v) is 10.5. The monoisotopic (exact) mass is 242 g/mol. The number of nitrogen functional groups attached to an aromatic ring is 1. The largest absolute Gasteiger partial charge is 0.382 e. The summed E-state index contributed by atoms with van der Waals surface area (Å²) >= 11 is 0. The first-order valence-corrected chi connectivity index (χ1v) is 5.38. The second kappa shape index (κ2) is 5.13. The number of hydrogen-bond acceptors (Lipinski definition) is 5. The van der Waals surface area contributed by atoms with Crippen LogP contribution in [0.5, 0.6) is 0 Å². The van der Waals surface area contributed by atoms with Crippen LogP contribution in [0.4, 0.5) is 11.5 Å². The van der Waals surface area contributed by atoms with Crippen molar-refractivity contribution in [1.82, 2.24) is 9.78 Å². The normalized spacial score (nSPS) is 13.0. The van der Waals surface area contributed by atoms with Crippen LogP contribution in [0.3, 0.4) is 0 Å². The van der Waals surface area contributed by atoms with Crippen molar-refractivity contribution >= 4 is 11.5 Å². The fourth-order valence-corrected chi connectivity index (χ4v) is 1.75. The van der Waals surface area contributed by atoms with Gasteiger partial charge in [0.2, 0.25) is 5.82 Å². The average Bonchev–Trinajstić information content (AvgIpc) is 2.50. The molecular weight excluding hydrogens is 224 g/mol. The standard InChI is InChI=1S/C10H18N4O3/c1-6(2)8(5-17-4)13-10(11)9(14(15)16)7(3)12-13/h6,8H,5,11H2,1-4H3. The van der Waals surface area contributed by atoms with Gasteiger partial charge in [-0.2, -0.15) is 5.10 Å². The van der Waals surface area contributed by atoms with Crippen LogP contribution in [-0.4, -0.2) is 28.4 Å². The summed E-state index contributed by atoms with van der Waals surface area (Å²) in [5, 5.41) is 15.0. The molecule has 17 heavy (non-hydrogen) atoms. The van der Waals surface area contributed by atoms with Gasteiger partial charge in [0.25, 0.3) is 0 Å². The minimum Gasteiger partial charge on any atom is -0.382 e. The summed E-state index contributed by atoms with van der Waals surface area (Å²) in [5.41, 5.74) is 5.99. The first-order chi connectivity index (χ1) is 7.90. The number of aryl methyl sites for hydroxylation is 1. The van der Waals surface area contributed by atoms with Crippen LogP contribution in [0.2, 0.25) is 0 Å². The highest BCUT2D eigenvalue weighted by molar-refractivity contribution is 5.56. The smallest absolute Gasteiger partial charge is 0.333 e. The molecule has 1 aromatic rings. The Morgan fingerprint density at radius 3 is 2.53 bits per heavy atom. The van der Waals surface area contributed by atoms with Crippen LogP contribution in [0.15, 0.2) is 0 Å². The average molecular weight is 242 g/mol. The third-order valence-electron chi connectivity index (χ3n) is 2.69. The van der Waals surface area contributed by atoms with Gasteiger partial charge in [-0.1, -0.05) is 13.8 Å². The Morgan fingerprint density at radius 1 is 1.59 bits per heavy atom. The summed E-state index contributed by atoms with van der Waals surface area (Å²) < 4.78 is 6.59. The summed E-state index contributed by atoms with van der Waals surface area (Å²) in [5.74, 6) is 0.305. The number of methoxy groups -OCH3 is 1. The van der Waals surface area contributed by atoms with E-state index in [1.54, 1.807) is 14.0 Å². The van der Waals surface area contributed by atoms with E-state index in [4.69, 9.17) is 10.5 Å². The maximum Gasteiger partial charge on any atom is 0.333 e. The molecule has 1 unspecified atom stereocenters. The number of hydrogen-bond donors (Lipinski definition) is 1. The van der Waals surface area contributed by atoms with Gasteiger partial charge >= 0.3 is 5.69 Å². The molecule has 0 aliphatic heterocycles. The molecule has 0 spiro atoms. The van der Waals surface area contributed by atoms with Crippen LogP contribution < -0.4 is 5.73 Å². The van der Waals surface area contributed by atoms with E-state index >= 15 is 0 Å². The van der Waals surface area contributed by atoms with E-state index in [1.165, 1.54) is 4.68 Å². The summed E-state index contributed by atoms with van der Waals surface area (Å²) in [4.78, 5) is 10.3. The van der Waals surface area contributed by atoms with Crippen LogP contribution in [-0.2, 0) is 4.74 Å². The highest BCUT2D eigenvalue weighted by Gasteiger charge is 2.28. The maximum absolute atomic E-state index is 10.8. The lowest BCUT2D eigenvalue weighted by atomic mass is 10.1. The second-order valence-electron chi connectivity index (χ2n) is 4.29. The molecule has 1 heterocycles. The summed E-state index contributed by atoms with van der Waals surface area (Å²) in [6.45, 7) is 5.98. The number of aromatic nitrogens is 2. The fourth-order valence-electron chi connectivity index (χ4n) is 1.75. The molecule has 0 aliphatic carbocycles. The topological polar surface area (TPSA) is 96.2 Å². The van der Waals surface area contributed by atoms with E-state index in [0.29, 0.717) is 12.3 Å². The van der Waals surface area contributed by atoms with Crippen molar-refractivity contribution in [3.8, 4) is 0 Å². The maximum atomic E-state index is 10.8. The Hall–Kier alpha value is -1.63. The minimum absolute atomic E-state index is 0.0863. The van der Waals surface area contributed by atoms with Crippen LogP contribution in [0.1, 0.15) is 25.6 Å². The second-order valence-corrected chi connectivity index (χ2v) is 4.29. The van der Waals surface area contributed by atoms with Gasteiger partial charge in [-0.15, -0.1) is 0 Å². The molecule has 2 N–H and O–H groups in total. The fraction of sp³-hybridized carbons (Fsp3) is 0.700. The van der Waals surface area contributed by atoms with Gasteiger partial charge in [-0.25, -0.2) is 4.68 Å². The van der Waals surface area contributed by atoms with E-state index in [9.17, 15) is 10.1 Å². The minimum atomic E-state index is -0.502. The lowest BCUT2D eigenvalue weighted by Crippen LogP contribution is -2.23. The molecule has 1 atom stereocenters. The molecular formula is C10H18N4O3. The van der Waals surface area contributed by atoms with E-state index in [2.05, 4.69) is 5.10 Å². The third kappa shape index (κ3) is 2.55. The Labute approximate surface area is 99.7 Å². The van der Waals surface area contributed by atoms with Gasteiger partial charge in [0.15, 0.2) is 0 Å². The number of rotatable bonds is 5. The van der Waals surface area contributed by atoms with Crippen LogP contribution in [0.25, 0.3) is 0 Å². The lowest BCUT2D eigenvalue weighted by molar-refractivity contribution is -0.384. The highest BCUT2D eigenvalue weighted by atomic mass is 16.6. The van der Waals surface area contributed by atoms with Gasteiger partial charge in [-0.3, -0.25) is 10.1 Å². The Kier molecular flexibility index (Phi) is 4.06. The number of nitro groups is 1. The van der Waals surface area contributed by atoms with E-state index in [-0.39, 0.29) is 23.5 Å². The number of nitrogens with zero attached hydrogens (tertiary/aromatic N) is 3. The van der Waals surface area contributed by atoms with Gasteiger partial charge in [0, 0.05) is 7.11 Å². The van der Waals surface area contributed by atoms with Crippen LogP contribution >= 0.6 is 0 Å². The molecule has 0 aromatic carbocycles. The van der Waals surface area contributed by atoms with Crippen LogP contribution in [0, 0.1) is 23.0 Å². The molecule has 0 saturated carbocycles. The zero-order valence-electron chi connectivity index (χ0n) is 10.5. The van der Waals surface area contributed by atoms with E-state index in [0.717, 1.165) is 0 Å². The van der Waals surface area contributed by atoms with Crippen molar-refractivity contribution in [3.05, 3.63) is 15.8 Å². The first kappa shape index (κ1) is 13.4. The highest BCUT2D eigenvalue weighted by Crippen LogP contribution is 2.30. The Bertz CT molecular complexity index is 414. The number of anilines is 1. The number of nitrogens with two attached hydrogens (primary N) is 1. The van der Waals surface area contributed by atoms with Gasteiger partial charge in [-0.05, 0) is 12.8 Å². The molecule has 0 radical (unpaired) electrons.